The summed E-state index contributed by atoms with van der Waals surface area (Å²) in [5.41, 5.74) is 0. The SMILES string of the molecule is [CH2-]CCCC.[Rb+]. The van der Waals surface area contributed by atoms with Gasteiger partial charge in [-0.25, -0.2) is 0 Å². The van der Waals surface area contributed by atoms with E-state index < -0.39 is 0 Å². The molecule has 0 saturated carbocycles. The van der Waals surface area contributed by atoms with Crippen LogP contribution in [0.15, 0.2) is 0 Å². The monoisotopic (exact) mass is 156 g/mol. The molecule has 1 heteroatoms. The normalized spacial score (nSPS) is 7.00. The van der Waals surface area contributed by atoms with Crippen LogP contribution in [0, 0.1) is 6.92 Å². The third kappa shape index (κ3) is 9.26. The van der Waals surface area contributed by atoms with Gasteiger partial charge in [-0.05, 0) is 0 Å². The minimum Gasteiger partial charge on any atom is -0.343 e. The van der Waals surface area contributed by atoms with Gasteiger partial charge in [-0.3, -0.25) is 0 Å². The minimum absolute atomic E-state index is 0. The summed E-state index contributed by atoms with van der Waals surface area (Å²) in [4.78, 5) is 0. The smallest absolute Gasteiger partial charge is 0.343 e. The summed E-state index contributed by atoms with van der Waals surface area (Å²) in [7, 11) is 0. The van der Waals surface area contributed by atoms with E-state index in [-0.39, 0.29) is 58.2 Å². The molecule has 0 aromatic heterocycles. The van der Waals surface area contributed by atoms with Gasteiger partial charge in [0.25, 0.3) is 0 Å². The van der Waals surface area contributed by atoms with Gasteiger partial charge < -0.3 is 6.92 Å². The summed E-state index contributed by atoms with van der Waals surface area (Å²) in [6.07, 6.45) is 3.65. The van der Waals surface area contributed by atoms with Crippen LogP contribution in [0.25, 0.3) is 0 Å². The average Bonchev–Trinajstić information content (AvgIpc) is 1.41. The molecule has 0 radical (unpaired) electrons. The summed E-state index contributed by atoms with van der Waals surface area (Å²) < 4.78 is 0. The largest absolute Gasteiger partial charge is 1.00 e. The molecule has 0 aliphatic rings. The first kappa shape index (κ1) is 10.7. The molecule has 0 saturated heterocycles. The molecule has 0 aromatic carbocycles. The number of unbranched alkanes of at least 4 members (excludes halogenated alkanes) is 2. The van der Waals surface area contributed by atoms with Crippen LogP contribution in [-0.2, 0) is 0 Å². The predicted molar refractivity (Wildman–Crippen MR) is 24.9 cm³/mol. The molecule has 6 heavy (non-hydrogen) atoms. The molecule has 32 valence electrons. The first-order valence-corrected chi connectivity index (χ1v) is 2.21. The van der Waals surface area contributed by atoms with Crippen molar-refractivity contribution in [3.8, 4) is 0 Å². The van der Waals surface area contributed by atoms with Gasteiger partial charge in [0.05, 0.1) is 0 Å². The van der Waals surface area contributed by atoms with Crippen LogP contribution in [0.5, 0.6) is 0 Å². The van der Waals surface area contributed by atoms with Crippen molar-refractivity contribution >= 4 is 0 Å². The first-order chi connectivity index (χ1) is 2.41. The quantitative estimate of drug-likeness (QED) is 0.451. The summed E-state index contributed by atoms with van der Waals surface area (Å²) in [5.74, 6) is 0. The van der Waals surface area contributed by atoms with E-state index in [2.05, 4.69) is 13.8 Å². The van der Waals surface area contributed by atoms with Crippen LogP contribution in [-0.4, -0.2) is 0 Å². The van der Waals surface area contributed by atoms with Gasteiger partial charge in [0, 0.05) is 0 Å². The summed E-state index contributed by atoms with van der Waals surface area (Å²) >= 11 is 0. The maximum absolute atomic E-state index is 3.68. The van der Waals surface area contributed by atoms with Gasteiger partial charge in [0.1, 0.15) is 0 Å². The van der Waals surface area contributed by atoms with E-state index in [9.17, 15) is 0 Å². The van der Waals surface area contributed by atoms with Crippen LogP contribution in [0.1, 0.15) is 26.2 Å². The van der Waals surface area contributed by atoms with Crippen molar-refractivity contribution in [1.82, 2.24) is 0 Å². The molecule has 0 aliphatic carbocycles. The fraction of sp³-hybridized carbons (Fsp3) is 0.800. The Morgan fingerprint density at radius 2 is 2.00 bits per heavy atom. The molecule has 0 spiro atoms. The van der Waals surface area contributed by atoms with E-state index in [1.807, 2.05) is 0 Å². The molecule has 0 N–H and O–H groups in total. The topological polar surface area (TPSA) is 0 Å². The average molecular weight is 157 g/mol. The van der Waals surface area contributed by atoms with Crippen molar-refractivity contribution in [2.75, 3.05) is 0 Å². The second-order valence-electron chi connectivity index (χ2n) is 1.21. The van der Waals surface area contributed by atoms with Crippen molar-refractivity contribution in [1.29, 1.82) is 0 Å². The van der Waals surface area contributed by atoms with Crippen molar-refractivity contribution in [2.24, 2.45) is 0 Å². The van der Waals surface area contributed by atoms with Gasteiger partial charge in [-0.1, -0.05) is 19.8 Å². The molecule has 0 bridgehead atoms. The van der Waals surface area contributed by atoms with Crippen molar-refractivity contribution in [2.45, 2.75) is 26.2 Å². The van der Waals surface area contributed by atoms with E-state index in [0.29, 0.717) is 0 Å². The predicted octanol–water partition coefficient (Wildman–Crippen LogP) is -0.985. The zero-order valence-corrected chi connectivity index (χ0v) is 9.74. The van der Waals surface area contributed by atoms with Gasteiger partial charge in [0.2, 0.25) is 0 Å². The van der Waals surface area contributed by atoms with Gasteiger partial charge in [-0.15, -0.1) is 0 Å². The fourth-order valence-corrected chi connectivity index (χ4v) is 0.250. The Morgan fingerprint density at radius 3 is 2.00 bits per heavy atom. The van der Waals surface area contributed by atoms with Crippen LogP contribution in [0.4, 0.5) is 0 Å². The van der Waals surface area contributed by atoms with Crippen molar-refractivity contribution in [3.05, 3.63) is 6.92 Å². The number of rotatable bonds is 2. The summed E-state index contributed by atoms with van der Waals surface area (Å²) in [6.45, 7) is 5.85. The Bertz CT molecular complexity index is 11.4. The molecule has 0 nitrogen and oxygen atoms in total. The van der Waals surface area contributed by atoms with Gasteiger partial charge in [0.15, 0.2) is 0 Å². The standard InChI is InChI=1S/C5H11.Rb/c1-3-5-4-2;/h1,3-5H2,2H3;/q-1;+1. The van der Waals surface area contributed by atoms with E-state index in [1.54, 1.807) is 0 Å². The molecule has 0 amide bonds. The molecular formula is C5H11Rb. The van der Waals surface area contributed by atoms with E-state index in [0.717, 1.165) is 6.42 Å². The number of hydrogen-bond donors (Lipinski definition) is 0. The summed E-state index contributed by atoms with van der Waals surface area (Å²) in [6, 6.07) is 0. The van der Waals surface area contributed by atoms with Crippen molar-refractivity contribution < 1.29 is 58.2 Å². The molecule has 0 heterocycles. The Balaban J connectivity index is 0. The Hall–Kier alpha value is 1.81. The van der Waals surface area contributed by atoms with Gasteiger partial charge in [-0.2, -0.15) is 6.42 Å². The maximum Gasteiger partial charge on any atom is 1.00 e. The second-order valence-corrected chi connectivity index (χ2v) is 1.21. The zero-order valence-electron chi connectivity index (χ0n) is 4.83. The second kappa shape index (κ2) is 9.93. The molecule has 0 aliphatic heterocycles. The van der Waals surface area contributed by atoms with Crippen LogP contribution < -0.4 is 58.2 Å². The molecule has 0 fully saturated rings. The first-order valence-electron chi connectivity index (χ1n) is 2.21. The minimum atomic E-state index is 0. The molecule has 0 unspecified atom stereocenters. The Morgan fingerprint density at radius 1 is 1.50 bits per heavy atom. The Labute approximate surface area is 89.5 Å². The van der Waals surface area contributed by atoms with Crippen LogP contribution in [0.2, 0.25) is 0 Å². The van der Waals surface area contributed by atoms with Crippen molar-refractivity contribution in [3.63, 3.8) is 0 Å². The molecule has 0 rings (SSSR count). The Kier molecular flexibility index (Phi) is 17.8. The fourth-order valence-electron chi connectivity index (χ4n) is 0.250. The maximum atomic E-state index is 3.68. The summed E-state index contributed by atoms with van der Waals surface area (Å²) in [5, 5.41) is 0. The molecular weight excluding hydrogens is 146 g/mol. The third-order valence-corrected chi connectivity index (χ3v) is 0.604. The van der Waals surface area contributed by atoms with Gasteiger partial charge >= 0.3 is 58.2 Å². The third-order valence-electron chi connectivity index (χ3n) is 0.604. The van der Waals surface area contributed by atoms with Crippen LogP contribution in [0.3, 0.4) is 0 Å². The van der Waals surface area contributed by atoms with E-state index in [4.69, 9.17) is 0 Å². The van der Waals surface area contributed by atoms with Crippen LogP contribution >= 0.6 is 0 Å². The molecule has 0 atom stereocenters. The van der Waals surface area contributed by atoms with E-state index in [1.165, 1.54) is 12.8 Å². The van der Waals surface area contributed by atoms with E-state index >= 15 is 0 Å². The zero-order chi connectivity index (χ0) is 4.12. The number of hydrogen-bond acceptors (Lipinski definition) is 0. The molecule has 0 aromatic rings.